The molecule has 2 heterocycles. The molecule has 0 aliphatic carbocycles. The number of amides is 3. The highest BCUT2D eigenvalue weighted by Gasteiger charge is 2.31. The molecule has 8 nitrogen and oxygen atoms in total. The van der Waals surface area contributed by atoms with E-state index in [1.807, 2.05) is 87.7 Å². The molecule has 9 heteroatoms. The highest BCUT2D eigenvalue weighted by Crippen LogP contribution is 2.19. The number of nitrogens with zero attached hydrogens (tertiary/aromatic N) is 2. The van der Waals surface area contributed by atoms with Gasteiger partial charge in [-0.15, -0.1) is 11.3 Å². The summed E-state index contributed by atoms with van der Waals surface area (Å²) < 4.78 is 0. The minimum atomic E-state index is -0.848. The molecule has 3 amide bonds. The molecule has 0 aliphatic rings. The normalized spacial score (nSPS) is 13.1. The topological polar surface area (TPSA) is 117 Å². The van der Waals surface area contributed by atoms with Crippen LogP contribution in [0.1, 0.15) is 67.2 Å². The van der Waals surface area contributed by atoms with Crippen molar-refractivity contribution in [1.29, 1.82) is 0 Å². The Bertz CT molecular complexity index is 1470. The lowest BCUT2D eigenvalue weighted by molar-refractivity contribution is -0.137. The third-order valence-electron chi connectivity index (χ3n) is 8.50. The molecule has 4 N–H and O–H groups in total. The Morgan fingerprint density at radius 2 is 1.78 bits per heavy atom. The van der Waals surface area contributed by atoms with Crippen LogP contribution in [0.3, 0.4) is 0 Å². The third kappa shape index (κ3) is 11.1. The molecule has 0 bridgehead atoms. The first-order chi connectivity index (χ1) is 22.1. The number of hydrogen-bond donors (Lipinski definition) is 3. The Balaban J connectivity index is 1.84. The van der Waals surface area contributed by atoms with E-state index in [4.69, 9.17) is 5.73 Å². The molecule has 0 radical (unpaired) electrons. The number of aryl methyl sites for hydroxylation is 1. The monoisotopic (exact) mass is 643 g/mol. The minimum Gasteiger partial charge on any atom is -0.354 e. The van der Waals surface area contributed by atoms with Gasteiger partial charge < -0.3 is 21.3 Å². The number of nitrogens with one attached hydrogen (secondary N) is 2. The van der Waals surface area contributed by atoms with Crippen molar-refractivity contribution in [3.05, 3.63) is 106 Å². The first kappa shape index (κ1) is 36.4. The van der Waals surface area contributed by atoms with Gasteiger partial charge in [0, 0.05) is 49.2 Å². The summed E-state index contributed by atoms with van der Waals surface area (Å²) in [6, 6.07) is 12.1. The summed E-state index contributed by atoms with van der Waals surface area (Å²) in [6.45, 7) is 8.50. The van der Waals surface area contributed by atoms with Crippen LogP contribution in [0.2, 0.25) is 0 Å². The molecule has 3 aromatic rings. The zero-order valence-electron chi connectivity index (χ0n) is 27.8. The number of nitrogens with two attached hydrogens (primary N) is 1. The van der Waals surface area contributed by atoms with Crippen molar-refractivity contribution in [3.63, 3.8) is 0 Å². The van der Waals surface area contributed by atoms with E-state index in [0.29, 0.717) is 32.2 Å². The third-order valence-corrected chi connectivity index (χ3v) is 9.40. The summed E-state index contributed by atoms with van der Waals surface area (Å²) in [5, 5.41) is 7.94. The maximum Gasteiger partial charge on any atom is 0.246 e. The number of hydrogen-bond acceptors (Lipinski definition) is 6. The summed E-state index contributed by atoms with van der Waals surface area (Å²) in [5.41, 5.74) is 10.2. The number of thiophene rings is 1. The van der Waals surface area contributed by atoms with Gasteiger partial charge in [-0.3, -0.25) is 19.4 Å². The van der Waals surface area contributed by atoms with Crippen LogP contribution in [-0.4, -0.2) is 58.8 Å². The Kier molecular flexibility index (Phi) is 14.4. The van der Waals surface area contributed by atoms with Crippen molar-refractivity contribution in [2.75, 3.05) is 13.6 Å². The molecule has 0 fully saturated rings. The number of allylic oxidation sites excluding steroid dienone is 1. The first-order valence-electron chi connectivity index (χ1n) is 16.0. The SMILES string of the molecule is C/C=C\c1ccc(C[C@H](C(=O)NC(Cc2cccs2)C(=O)NCCc2ccncc2)N(C)C(=O)/C=C/CC(N)(CC)CC)cc1C. The molecule has 0 saturated heterocycles. The molecule has 0 spiro atoms. The standard InChI is InChI=1S/C37H49N5O3S/c1-6-11-30-15-14-29(24-27(30)4)25-33(42(5)34(43)13-9-19-37(38,7-2)8-3)36(45)41-32(26-31-12-10-23-46-31)35(44)40-22-18-28-16-20-39-21-17-28/h6,9-17,20-21,23-24,32-33H,7-8,18-19,22,25-26,38H2,1-5H3,(H,40,44)(H,41,45)/b11-6-,13-9+/t32?,33-/m1/s1. The fourth-order valence-electron chi connectivity index (χ4n) is 5.17. The number of likely N-dealkylation sites (N-methyl/N-ethyl adjacent to an activating group) is 1. The summed E-state index contributed by atoms with van der Waals surface area (Å²) in [4.78, 5) is 47.4. The summed E-state index contributed by atoms with van der Waals surface area (Å²) in [6.07, 6.45) is 14.2. The molecule has 0 saturated carbocycles. The summed E-state index contributed by atoms with van der Waals surface area (Å²) >= 11 is 1.53. The van der Waals surface area contributed by atoms with Crippen molar-refractivity contribution < 1.29 is 14.4 Å². The van der Waals surface area contributed by atoms with Crippen LogP contribution in [0.25, 0.3) is 6.08 Å². The van der Waals surface area contributed by atoms with Gasteiger partial charge in [-0.1, -0.05) is 56.3 Å². The maximum absolute atomic E-state index is 14.1. The van der Waals surface area contributed by atoms with Crippen LogP contribution in [0, 0.1) is 6.92 Å². The first-order valence-corrected chi connectivity index (χ1v) is 16.9. The predicted octanol–water partition coefficient (Wildman–Crippen LogP) is 5.40. The van der Waals surface area contributed by atoms with Crippen LogP contribution in [0.15, 0.2) is 78.5 Å². The van der Waals surface area contributed by atoms with E-state index < -0.39 is 12.1 Å². The van der Waals surface area contributed by atoms with E-state index in [1.54, 1.807) is 25.5 Å². The minimum absolute atomic E-state index is 0.270. The van der Waals surface area contributed by atoms with Crippen LogP contribution < -0.4 is 16.4 Å². The second kappa shape index (κ2) is 18.2. The van der Waals surface area contributed by atoms with Crippen LogP contribution in [-0.2, 0) is 33.6 Å². The molecule has 1 aromatic carbocycles. The van der Waals surface area contributed by atoms with Gasteiger partial charge in [0.25, 0.3) is 0 Å². The highest BCUT2D eigenvalue weighted by atomic mass is 32.1. The van der Waals surface area contributed by atoms with Crippen molar-refractivity contribution in [2.45, 2.75) is 83.8 Å². The van der Waals surface area contributed by atoms with Gasteiger partial charge in [-0.2, -0.15) is 0 Å². The second-order valence-electron chi connectivity index (χ2n) is 11.8. The molecule has 0 aliphatic heterocycles. The average molecular weight is 644 g/mol. The number of aromatic nitrogens is 1. The zero-order chi connectivity index (χ0) is 33.5. The molecular weight excluding hydrogens is 595 g/mol. The van der Waals surface area contributed by atoms with E-state index in [2.05, 4.69) is 15.6 Å². The zero-order valence-corrected chi connectivity index (χ0v) is 28.6. The predicted molar refractivity (Wildman–Crippen MR) is 188 cm³/mol. The molecular formula is C37H49N5O3S. The van der Waals surface area contributed by atoms with Crippen molar-refractivity contribution in [3.8, 4) is 0 Å². The van der Waals surface area contributed by atoms with Crippen LogP contribution in [0.4, 0.5) is 0 Å². The second-order valence-corrected chi connectivity index (χ2v) is 12.8. The molecule has 246 valence electrons. The van der Waals surface area contributed by atoms with Crippen LogP contribution in [0.5, 0.6) is 0 Å². The van der Waals surface area contributed by atoms with Gasteiger partial charge in [0.2, 0.25) is 17.7 Å². The van der Waals surface area contributed by atoms with Crippen LogP contribution >= 0.6 is 11.3 Å². The summed E-state index contributed by atoms with van der Waals surface area (Å²) in [5.74, 6) is -0.956. The largest absolute Gasteiger partial charge is 0.354 e. The smallest absolute Gasteiger partial charge is 0.246 e. The Morgan fingerprint density at radius 3 is 2.41 bits per heavy atom. The average Bonchev–Trinajstić information content (AvgIpc) is 3.57. The molecule has 3 rings (SSSR count). The maximum atomic E-state index is 14.1. The van der Waals surface area contributed by atoms with E-state index in [1.165, 1.54) is 22.3 Å². The van der Waals surface area contributed by atoms with E-state index in [0.717, 1.165) is 40.0 Å². The van der Waals surface area contributed by atoms with Gasteiger partial charge in [0.15, 0.2) is 0 Å². The fourth-order valence-corrected chi connectivity index (χ4v) is 5.93. The van der Waals surface area contributed by atoms with Crippen molar-refractivity contribution in [1.82, 2.24) is 20.5 Å². The van der Waals surface area contributed by atoms with Gasteiger partial charge in [-0.05, 0) is 91.4 Å². The number of rotatable bonds is 17. The Hall–Kier alpha value is -4.08. The Labute approximate surface area is 278 Å². The lowest BCUT2D eigenvalue weighted by Crippen LogP contribution is -2.55. The number of pyridine rings is 1. The van der Waals surface area contributed by atoms with Gasteiger partial charge in [-0.25, -0.2) is 0 Å². The quantitative estimate of drug-likeness (QED) is 0.170. The van der Waals surface area contributed by atoms with Crippen molar-refractivity contribution >= 4 is 35.1 Å². The molecule has 46 heavy (non-hydrogen) atoms. The van der Waals surface area contributed by atoms with Gasteiger partial charge in [0.05, 0.1) is 0 Å². The lowest BCUT2D eigenvalue weighted by Gasteiger charge is -2.29. The van der Waals surface area contributed by atoms with E-state index in [9.17, 15) is 14.4 Å². The Morgan fingerprint density at radius 1 is 1.04 bits per heavy atom. The van der Waals surface area contributed by atoms with E-state index in [-0.39, 0.29) is 23.3 Å². The van der Waals surface area contributed by atoms with E-state index >= 15 is 0 Å². The number of carbonyl (C=O) groups is 3. The molecule has 2 atom stereocenters. The molecule has 2 aromatic heterocycles. The van der Waals surface area contributed by atoms with Gasteiger partial charge in [0.1, 0.15) is 12.1 Å². The summed E-state index contributed by atoms with van der Waals surface area (Å²) in [7, 11) is 1.64. The number of carbonyl (C=O) groups excluding carboxylic acids is 3. The highest BCUT2D eigenvalue weighted by molar-refractivity contribution is 7.09. The number of benzene rings is 1. The van der Waals surface area contributed by atoms with Gasteiger partial charge >= 0.3 is 0 Å². The lowest BCUT2D eigenvalue weighted by atomic mass is 9.90. The fraction of sp³-hybridized carbons (Fsp3) is 0.405. The van der Waals surface area contributed by atoms with Crippen molar-refractivity contribution in [2.24, 2.45) is 5.73 Å². The molecule has 1 unspecified atom stereocenters.